The maximum absolute atomic E-state index is 12.8. The number of unbranched alkanes of at least 4 members (excludes halogenated alkanes) is 2. The lowest BCUT2D eigenvalue weighted by atomic mass is 9.83. The van der Waals surface area contributed by atoms with Gasteiger partial charge in [-0.1, -0.05) is 26.2 Å². The van der Waals surface area contributed by atoms with Gasteiger partial charge in [-0.2, -0.15) is 0 Å². The summed E-state index contributed by atoms with van der Waals surface area (Å²) < 4.78 is 11.1. The highest BCUT2D eigenvalue weighted by Crippen LogP contribution is 2.32. The number of hydrogen-bond donors (Lipinski definition) is 3. The number of ether oxygens (including phenoxy) is 2. The summed E-state index contributed by atoms with van der Waals surface area (Å²) in [5.41, 5.74) is 5.44. The van der Waals surface area contributed by atoms with E-state index in [1.54, 1.807) is 0 Å². The molecule has 0 radical (unpaired) electrons. The number of nitrogens with two attached hydrogens (primary N) is 1. The lowest BCUT2D eigenvalue weighted by molar-refractivity contribution is -0.139. The number of amides is 2. The van der Waals surface area contributed by atoms with Gasteiger partial charge < -0.3 is 25.8 Å². The zero-order valence-electron chi connectivity index (χ0n) is 27.3. The van der Waals surface area contributed by atoms with Gasteiger partial charge in [0, 0.05) is 64.1 Å². The predicted molar refractivity (Wildman–Crippen MR) is 177 cm³/mol. The molecule has 2 amide bonds. The van der Waals surface area contributed by atoms with E-state index in [2.05, 4.69) is 17.6 Å². The normalized spacial score (nSPS) is 20.5. The Morgan fingerprint density at radius 3 is 2.16 bits per heavy atom. The fraction of sp³-hybridized carbons (Fsp3) is 0.879. The Morgan fingerprint density at radius 2 is 1.43 bits per heavy atom. The zero-order chi connectivity index (χ0) is 31.8. The summed E-state index contributed by atoms with van der Waals surface area (Å²) in [5.74, 6) is 2.01. The van der Waals surface area contributed by atoms with Crippen LogP contribution < -0.4 is 16.4 Å². The maximum Gasteiger partial charge on any atom is 0.242 e. The maximum atomic E-state index is 12.8. The molecule has 1 atom stereocenters. The molecule has 1 aliphatic heterocycles. The Balaban J connectivity index is 1.34. The van der Waals surface area contributed by atoms with E-state index in [9.17, 15) is 19.2 Å². The van der Waals surface area contributed by atoms with Gasteiger partial charge in [0.2, 0.25) is 11.8 Å². The molecule has 44 heavy (non-hydrogen) atoms. The number of rotatable bonds is 28. The summed E-state index contributed by atoms with van der Waals surface area (Å²) in [7, 11) is 0. The minimum Gasteiger partial charge on any atom is -0.379 e. The van der Waals surface area contributed by atoms with Gasteiger partial charge in [-0.15, -0.1) is 11.8 Å². The van der Waals surface area contributed by atoms with E-state index in [1.165, 1.54) is 42.3 Å². The molecule has 254 valence electrons. The number of likely N-dealkylation sites (tertiary alicyclic amines) is 1. The lowest BCUT2D eigenvalue weighted by Crippen LogP contribution is -2.36. The molecule has 1 saturated heterocycles. The van der Waals surface area contributed by atoms with Crippen molar-refractivity contribution < 1.29 is 28.7 Å². The van der Waals surface area contributed by atoms with Crippen molar-refractivity contribution in [2.24, 2.45) is 17.6 Å². The number of hydrogen-bond acceptors (Lipinski definition) is 10. The van der Waals surface area contributed by atoms with Crippen LogP contribution in [0.1, 0.15) is 96.8 Å². The number of imide groups is 1. The first-order valence-corrected chi connectivity index (χ1v) is 18.2. The van der Waals surface area contributed by atoms with Gasteiger partial charge in [0.05, 0.1) is 25.1 Å². The van der Waals surface area contributed by atoms with Crippen LogP contribution >= 0.6 is 11.8 Å². The number of ketones is 2. The van der Waals surface area contributed by atoms with Crippen LogP contribution in [0, 0.1) is 11.8 Å². The fourth-order valence-corrected chi connectivity index (χ4v) is 6.79. The number of carbonyl (C=O) groups is 4. The monoisotopic (exact) mass is 640 g/mol. The largest absolute Gasteiger partial charge is 0.379 e. The minimum atomic E-state index is -0.339. The topological polar surface area (TPSA) is 140 Å². The van der Waals surface area contributed by atoms with Crippen LogP contribution in [0.25, 0.3) is 0 Å². The van der Waals surface area contributed by atoms with Crippen molar-refractivity contribution in [3.8, 4) is 0 Å². The molecule has 10 nitrogen and oxygen atoms in total. The molecule has 1 aliphatic carbocycles. The van der Waals surface area contributed by atoms with Crippen molar-refractivity contribution in [3.05, 3.63) is 0 Å². The van der Waals surface area contributed by atoms with Crippen LogP contribution in [-0.4, -0.2) is 105 Å². The van der Waals surface area contributed by atoms with Crippen molar-refractivity contribution in [2.45, 2.75) is 102 Å². The minimum absolute atomic E-state index is 0.0570. The molecule has 2 aliphatic rings. The molecule has 1 heterocycles. The average Bonchev–Trinajstić information content (AvgIpc) is 3.27. The molecule has 1 saturated carbocycles. The van der Waals surface area contributed by atoms with Crippen molar-refractivity contribution in [2.75, 3.05) is 71.4 Å². The van der Waals surface area contributed by atoms with Gasteiger partial charge in [-0.25, -0.2) is 0 Å². The molecular weight excluding hydrogens is 580 g/mol. The highest BCUT2D eigenvalue weighted by Gasteiger charge is 2.39. The average molecular weight is 641 g/mol. The number of nitrogens with zero attached hydrogens (tertiary/aromatic N) is 1. The van der Waals surface area contributed by atoms with Crippen molar-refractivity contribution in [3.63, 3.8) is 0 Å². The Morgan fingerprint density at radius 1 is 0.795 bits per heavy atom. The smallest absolute Gasteiger partial charge is 0.242 e. The Kier molecular flexibility index (Phi) is 21.9. The van der Waals surface area contributed by atoms with Crippen molar-refractivity contribution in [1.29, 1.82) is 0 Å². The third-order valence-corrected chi connectivity index (χ3v) is 9.67. The second-order valence-corrected chi connectivity index (χ2v) is 13.7. The third kappa shape index (κ3) is 17.9. The zero-order valence-corrected chi connectivity index (χ0v) is 28.1. The molecule has 0 aromatic carbocycles. The third-order valence-electron chi connectivity index (χ3n) is 8.46. The summed E-state index contributed by atoms with van der Waals surface area (Å²) >= 11 is 1.45. The van der Waals surface area contributed by atoms with Gasteiger partial charge in [0.15, 0.2) is 0 Å². The molecular formula is C33H60N4O6S. The molecule has 0 spiro atoms. The van der Waals surface area contributed by atoms with E-state index in [1.807, 2.05) is 0 Å². The molecule has 2 fully saturated rings. The first-order chi connectivity index (χ1) is 21.4. The van der Waals surface area contributed by atoms with Crippen molar-refractivity contribution in [1.82, 2.24) is 15.5 Å². The summed E-state index contributed by atoms with van der Waals surface area (Å²) in [6.45, 7) is 9.07. The van der Waals surface area contributed by atoms with E-state index >= 15 is 0 Å². The van der Waals surface area contributed by atoms with Crippen LogP contribution in [0.2, 0.25) is 0 Å². The fourth-order valence-electron chi connectivity index (χ4n) is 5.63. The number of Topliss-reactive ketones (excluding diaryl/α,β-unsaturated/α-hetero) is 2. The van der Waals surface area contributed by atoms with Crippen LogP contribution in [0.5, 0.6) is 0 Å². The Bertz CT molecular complexity index is 824. The van der Waals surface area contributed by atoms with Gasteiger partial charge in [0.25, 0.3) is 0 Å². The van der Waals surface area contributed by atoms with Crippen LogP contribution in [0.3, 0.4) is 0 Å². The summed E-state index contributed by atoms with van der Waals surface area (Å²) in [4.78, 5) is 50.9. The highest BCUT2D eigenvalue weighted by molar-refractivity contribution is 8.00. The first kappa shape index (κ1) is 38.8. The summed E-state index contributed by atoms with van der Waals surface area (Å²) in [6, 6.07) is 0. The number of nitrogens with one attached hydrogen (secondary N) is 2. The predicted octanol–water partition coefficient (Wildman–Crippen LogP) is 3.49. The van der Waals surface area contributed by atoms with E-state index in [4.69, 9.17) is 15.2 Å². The van der Waals surface area contributed by atoms with Crippen LogP contribution in [0.15, 0.2) is 0 Å². The highest BCUT2D eigenvalue weighted by atomic mass is 32.2. The van der Waals surface area contributed by atoms with Gasteiger partial charge in [0.1, 0.15) is 11.6 Å². The second-order valence-electron chi connectivity index (χ2n) is 12.4. The lowest BCUT2D eigenvalue weighted by Gasteiger charge is -2.29. The Hall–Kier alpha value is -1.37. The van der Waals surface area contributed by atoms with E-state index < -0.39 is 0 Å². The molecule has 11 heteroatoms. The van der Waals surface area contributed by atoms with E-state index in [0.29, 0.717) is 83.3 Å². The van der Waals surface area contributed by atoms with Crippen LogP contribution in [-0.2, 0) is 28.7 Å². The molecule has 1 unspecified atom stereocenters. The molecule has 2 rings (SSSR count). The quantitative estimate of drug-likeness (QED) is 0.0860. The van der Waals surface area contributed by atoms with Gasteiger partial charge in [-0.05, 0) is 70.0 Å². The van der Waals surface area contributed by atoms with Gasteiger partial charge >= 0.3 is 0 Å². The van der Waals surface area contributed by atoms with E-state index in [0.717, 1.165) is 57.8 Å². The standard InChI is InChI=1S/C33H60N4O6S/c1-27-9-11-28(12-10-27)26-37-32(40)25-31(33(37)41)44-24-14-30(39)8-6-20-42-22-23-43-21-13-29(38)7-5-18-35-16-3-2-4-17-36-19-15-34/h27-28,31,35-36H,2-26,34H2,1H3. The summed E-state index contributed by atoms with van der Waals surface area (Å²) in [6.07, 6.45) is 11.7. The second kappa shape index (κ2) is 24.8. The van der Waals surface area contributed by atoms with Crippen molar-refractivity contribution >= 4 is 35.1 Å². The first-order valence-electron chi connectivity index (χ1n) is 17.2. The SMILES string of the molecule is CC1CCC(CN2C(=O)CC(SCCC(=O)CCCOCCOCCC(=O)CCCNCCCCCNCCN)C2=O)CC1. The van der Waals surface area contributed by atoms with Gasteiger partial charge in [-0.3, -0.25) is 24.1 Å². The van der Waals surface area contributed by atoms with E-state index in [-0.39, 0.29) is 35.1 Å². The molecule has 0 aromatic rings. The molecule has 0 aromatic heterocycles. The number of carbonyl (C=O) groups excluding carboxylic acids is 4. The number of thioether (sulfide) groups is 1. The van der Waals surface area contributed by atoms with Crippen LogP contribution in [0.4, 0.5) is 0 Å². The summed E-state index contributed by atoms with van der Waals surface area (Å²) in [5, 5.41) is 6.36. The molecule has 0 bridgehead atoms. The Labute approximate surface area is 270 Å². The molecule has 4 N–H and O–H groups in total.